The normalized spacial score (nSPS) is 15.1. The molecule has 1 rings (SSSR count). The van der Waals surface area contributed by atoms with Crippen molar-refractivity contribution in [2.45, 2.75) is 24.8 Å². The lowest BCUT2D eigenvalue weighted by molar-refractivity contribution is -0.291. The molecule has 0 aromatic carbocycles. The number of hydrogen-bond acceptors (Lipinski definition) is 2. The van der Waals surface area contributed by atoms with Crippen molar-refractivity contribution in [2.24, 2.45) is 5.92 Å². The van der Waals surface area contributed by atoms with Gasteiger partial charge in [0.15, 0.2) is 5.92 Å². The van der Waals surface area contributed by atoms with Gasteiger partial charge in [0.1, 0.15) is 0 Å². The van der Waals surface area contributed by atoms with Crippen LogP contribution in [0.4, 0.5) is 26.3 Å². The second kappa shape index (κ2) is 5.48. The van der Waals surface area contributed by atoms with Gasteiger partial charge in [-0.05, 0) is 24.9 Å². The molecule has 0 fully saturated rings. The minimum absolute atomic E-state index is 0.308. The monoisotopic (exact) mass is 291 g/mol. The summed E-state index contributed by atoms with van der Waals surface area (Å²) in [5, 5.41) is 3.73. The fourth-order valence-electron chi connectivity index (χ4n) is 1.67. The summed E-state index contributed by atoms with van der Waals surface area (Å²) in [6, 6.07) is 1.38. The van der Waals surface area contributed by atoms with Gasteiger partial charge in [-0.1, -0.05) is 6.07 Å². The van der Waals surface area contributed by atoms with Crippen molar-refractivity contribution in [3.8, 4) is 0 Å². The number of alkyl halides is 6. The zero-order chi connectivity index (χ0) is 14.0. The Labute approximate surface area is 104 Å². The Morgan fingerprint density at radius 1 is 1.17 bits per heavy atom. The topological polar surface area (TPSA) is 12.0 Å². The van der Waals surface area contributed by atoms with E-state index < -0.39 is 24.3 Å². The highest BCUT2D eigenvalue weighted by Crippen LogP contribution is 2.42. The highest BCUT2D eigenvalue weighted by Gasteiger charge is 2.59. The fourth-order valence-corrected chi connectivity index (χ4v) is 2.44. The van der Waals surface area contributed by atoms with Crippen molar-refractivity contribution < 1.29 is 26.3 Å². The molecule has 1 atom stereocenters. The van der Waals surface area contributed by atoms with E-state index in [1.54, 1.807) is 11.4 Å². The second-order valence-corrected chi connectivity index (χ2v) is 4.77. The third-order valence-electron chi connectivity index (χ3n) is 2.48. The standard InChI is InChI=1S/C10H11F6NS/c1-17-7(5-6-3-2-4-18-6)8(9(11,12)13)10(14,15)16/h2-4,7-8,17H,5H2,1H3. The quantitative estimate of drug-likeness (QED) is 0.835. The summed E-state index contributed by atoms with van der Waals surface area (Å²) in [7, 11) is 1.10. The van der Waals surface area contributed by atoms with Crippen LogP contribution in [0.5, 0.6) is 0 Å². The lowest BCUT2D eigenvalue weighted by Gasteiger charge is -2.30. The van der Waals surface area contributed by atoms with Crippen LogP contribution in [-0.2, 0) is 6.42 Å². The van der Waals surface area contributed by atoms with Gasteiger partial charge in [-0.25, -0.2) is 0 Å². The van der Waals surface area contributed by atoms with E-state index in [4.69, 9.17) is 0 Å². The molecule has 1 nitrogen and oxygen atoms in total. The van der Waals surface area contributed by atoms with Gasteiger partial charge in [0.05, 0.1) is 0 Å². The van der Waals surface area contributed by atoms with Gasteiger partial charge >= 0.3 is 12.4 Å². The Morgan fingerprint density at radius 3 is 2.06 bits per heavy atom. The van der Waals surface area contributed by atoms with E-state index in [2.05, 4.69) is 5.32 Å². The van der Waals surface area contributed by atoms with Crippen LogP contribution in [-0.4, -0.2) is 25.4 Å². The smallest absolute Gasteiger partial charge is 0.316 e. The van der Waals surface area contributed by atoms with Crippen LogP contribution in [0.15, 0.2) is 17.5 Å². The van der Waals surface area contributed by atoms with Crippen LogP contribution in [0.2, 0.25) is 0 Å². The van der Waals surface area contributed by atoms with Crippen molar-refractivity contribution in [3.63, 3.8) is 0 Å². The minimum atomic E-state index is -5.32. The molecule has 1 aromatic rings. The molecular formula is C10H11F6NS. The van der Waals surface area contributed by atoms with Crippen molar-refractivity contribution in [1.82, 2.24) is 5.32 Å². The average molecular weight is 291 g/mol. The molecule has 0 aliphatic rings. The largest absolute Gasteiger partial charge is 0.402 e. The summed E-state index contributed by atoms with van der Waals surface area (Å²) in [6.45, 7) is 0. The third-order valence-corrected chi connectivity index (χ3v) is 3.38. The van der Waals surface area contributed by atoms with Crippen LogP contribution in [0.3, 0.4) is 0 Å². The molecule has 8 heteroatoms. The number of hydrogen-bond donors (Lipinski definition) is 1. The number of rotatable bonds is 4. The van der Waals surface area contributed by atoms with Crippen molar-refractivity contribution in [2.75, 3.05) is 7.05 Å². The van der Waals surface area contributed by atoms with Crippen LogP contribution in [0.25, 0.3) is 0 Å². The van der Waals surface area contributed by atoms with Crippen molar-refractivity contribution in [1.29, 1.82) is 0 Å². The SMILES string of the molecule is CNC(Cc1cccs1)C(C(F)(F)F)C(F)(F)F. The summed E-state index contributed by atoms with van der Waals surface area (Å²) >= 11 is 1.13. The third kappa shape index (κ3) is 3.88. The molecule has 0 aliphatic carbocycles. The van der Waals surface area contributed by atoms with E-state index in [-0.39, 0.29) is 6.42 Å². The number of nitrogens with one attached hydrogen (secondary N) is 1. The van der Waals surface area contributed by atoms with Crippen LogP contribution < -0.4 is 5.32 Å². The Hall–Kier alpha value is -0.760. The van der Waals surface area contributed by atoms with Crippen molar-refractivity contribution >= 4 is 11.3 Å². The molecule has 0 amide bonds. The van der Waals surface area contributed by atoms with Gasteiger partial charge in [-0.2, -0.15) is 26.3 Å². The van der Waals surface area contributed by atoms with Crippen molar-refractivity contribution in [3.05, 3.63) is 22.4 Å². The lowest BCUT2D eigenvalue weighted by Crippen LogP contribution is -2.50. The molecule has 0 saturated heterocycles. The van der Waals surface area contributed by atoms with Crippen LogP contribution in [0, 0.1) is 5.92 Å². The lowest BCUT2D eigenvalue weighted by atomic mass is 9.95. The van der Waals surface area contributed by atoms with E-state index in [9.17, 15) is 26.3 Å². The molecule has 1 heterocycles. The first-order valence-electron chi connectivity index (χ1n) is 4.99. The predicted molar refractivity (Wildman–Crippen MR) is 56.5 cm³/mol. The summed E-state index contributed by atoms with van der Waals surface area (Å²) in [4.78, 5) is 0.479. The van der Waals surface area contributed by atoms with E-state index in [1.807, 2.05) is 0 Å². The molecular weight excluding hydrogens is 280 g/mol. The van der Waals surface area contributed by atoms with Crippen LogP contribution in [0.1, 0.15) is 4.88 Å². The Bertz CT molecular complexity index is 341. The maximum absolute atomic E-state index is 12.5. The molecule has 0 radical (unpaired) electrons. The first kappa shape index (κ1) is 15.3. The van der Waals surface area contributed by atoms with Gasteiger partial charge in [-0.15, -0.1) is 11.3 Å². The summed E-state index contributed by atoms with van der Waals surface area (Å²) in [5.41, 5.74) is 0. The predicted octanol–water partition coefficient (Wildman–Crippen LogP) is 3.62. The molecule has 18 heavy (non-hydrogen) atoms. The fraction of sp³-hybridized carbons (Fsp3) is 0.600. The maximum atomic E-state index is 12.5. The molecule has 1 aromatic heterocycles. The van der Waals surface area contributed by atoms with E-state index in [0.717, 1.165) is 18.4 Å². The second-order valence-electron chi connectivity index (χ2n) is 3.74. The first-order valence-corrected chi connectivity index (χ1v) is 5.87. The van der Waals surface area contributed by atoms with Crippen LogP contribution >= 0.6 is 11.3 Å². The van der Waals surface area contributed by atoms with E-state index >= 15 is 0 Å². The number of likely N-dealkylation sites (N-methyl/N-ethyl adjacent to an activating group) is 1. The van der Waals surface area contributed by atoms with E-state index in [0.29, 0.717) is 4.88 Å². The van der Waals surface area contributed by atoms with Gasteiger partial charge in [0.25, 0.3) is 0 Å². The highest BCUT2D eigenvalue weighted by atomic mass is 32.1. The molecule has 0 saturated carbocycles. The van der Waals surface area contributed by atoms with E-state index in [1.165, 1.54) is 6.07 Å². The highest BCUT2D eigenvalue weighted by molar-refractivity contribution is 7.09. The van der Waals surface area contributed by atoms with Gasteiger partial charge in [-0.3, -0.25) is 0 Å². The Kier molecular flexibility index (Phi) is 4.66. The molecule has 1 N–H and O–H groups in total. The minimum Gasteiger partial charge on any atom is -0.316 e. The average Bonchev–Trinajstić information content (AvgIpc) is 2.64. The Balaban J connectivity index is 2.95. The zero-order valence-electron chi connectivity index (χ0n) is 9.27. The molecule has 0 aliphatic heterocycles. The summed E-state index contributed by atoms with van der Waals surface area (Å²) in [6.07, 6.45) is -10.9. The van der Waals surface area contributed by atoms with Gasteiger partial charge in [0, 0.05) is 10.9 Å². The Morgan fingerprint density at radius 2 is 1.72 bits per heavy atom. The molecule has 0 spiro atoms. The number of thiophene rings is 1. The molecule has 104 valence electrons. The number of halogens is 6. The molecule has 0 bridgehead atoms. The summed E-state index contributed by atoms with van der Waals surface area (Å²) < 4.78 is 75.2. The molecule has 1 unspecified atom stereocenters. The van der Waals surface area contributed by atoms with Gasteiger partial charge < -0.3 is 5.32 Å². The summed E-state index contributed by atoms with van der Waals surface area (Å²) in [5.74, 6) is -3.36. The maximum Gasteiger partial charge on any atom is 0.402 e. The van der Waals surface area contributed by atoms with Gasteiger partial charge in [0.2, 0.25) is 0 Å². The first-order chi connectivity index (χ1) is 8.16. The zero-order valence-corrected chi connectivity index (χ0v) is 10.1.